The minimum atomic E-state index is 1.08. The first kappa shape index (κ1) is 14.7. The van der Waals surface area contributed by atoms with Gasteiger partial charge in [0.25, 0.3) is 0 Å². The van der Waals surface area contributed by atoms with Crippen LogP contribution in [0.3, 0.4) is 0 Å². The molecule has 13 heavy (non-hydrogen) atoms. The average Bonchev–Trinajstić information content (AvgIpc) is 2.24. The molecule has 1 aromatic heterocycles. The van der Waals surface area contributed by atoms with E-state index in [1.807, 2.05) is 46.2 Å². The Labute approximate surface area is 83.2 Å². The molecule has 0 amide bonds. The van der Waals surface area contributed by atoms with Crippen molar-refractivity contribution in [1.82, 2.24) is 4.98 Å². The van der Waals surface area contributed by atoms with Crippen molar-refractivity contribution in [3.05, 3.63) is 29.6 Å². The van der Waals surface area contributed by atoms with Gasteiger partial charge in [-0.15, -0.1) is 0 Å². The third-order valence-corrected chi connectivity index (χ3v) is 1.53. The minimum Gasteiger partial charge on any atom is -0.264 e. The van der Waals surface area contributed by atoms with Crippen LogP contribution in [-0.2, 0) is 6.42 Å². The van der Waals surface area contributed by atoms with Crippen molar-refractivity contribution in [1.29, 1.82) is 0 Å². The lowest BCUT2D eigenvalue weighted by Crippen LogP contribution is -1.85. The van der Waals surface area contributed by atoms with Gasteiger partial charge >= 0.3 is 0 Å². The highest BCUT2D eigenvalue weighted by Crippen LogP contribution is 2.03. The molecule has 0 aliphatic rings. The van der Waals surface area contributed by atoms with Crippen molar-refractivity contribution in [2.45, 2.75) is 48.0 Å². The number of aromatic nitrogens is 1. The Morgan fingerprint density at radius 1 is 1.15 bits per heavy atom. The van der Waals surface area contributed by atoms with Gasteiger partial charge in [0, 0.05) is 12.4 Å². The summed E-state index contributed by atoms with van der Waals surface area (Å²) in [5.41, 5.74) is 2.69. The topological polar surface area (TPSA) is 12.9 Å². The number of nitrogens with zero attached hydrogens (tertiary/aromatic N) is 1. The van der Waals surface area contributed by atoms with E-state index in [4.69, 9.17) is 0 Å². The second-order valence-electron chi connectivity index (χ2n) is 2.16. The number of aryl methyl sites for hydroxylation is 2. The normalized spacial score (nSPS) is 7.54. The molecule has 0 aliphatic carbocycles. The van der Waals surface area contributed by atoms with Crippen molar-refractivity contribution >= 4 is 0 Å². The summed E-state index contributed by atoms with van der Waals surface area (Å²) in [5, 5.41) is 0. The Kier molecular flexibility index (Phi) is 12.6. The Hall–Kier alpha value is -0.850. The second-order valence-corrected chi connectivity index (χ2v) is 2.16. The van der Waals surface area contributed by atoms with Gasteiger partial charge in [-0.3, -0.25) is 4.98 Å². The fourth-order valence-electron chi connectivity index (χ4n) is 0.867. The molecule has 0 aliphatic heterocycles. The predicted molar refractivity (Wildman–Crippen MR) is 61.0 cm³/mol. The van der Waals surface area contributed by atoms with E-state index in [9.17, 15) is 0 Å². The van der Waals surface area contributed by atoms with Gasteiger partial charge in [0.05, 0.1) is 0 Å². The zero-order valence-electron chi connectivity index (χ0n) is 9.89. The summed E-state index contributed by atoms with van der Waals surface area (Å²) in [6.07, 6.45) is 4.84. The van der Waals surface area contributed by atoms with E-state index in [2.05, 4.69) is 18.8 Å². The molecule has 1 nitrogen and oxygen atoms in total. The van der Waals surface area contributed by atoms with E-state index < -0.39 is 0 Å². The van der Waals surface area contributed by atoms with Crippen molar-refractivity contribution in [3.63, 3.8) is 0 Å². The highest BCUT2D eigenvalue weighted by atomic mass is 14.6. The predicted octanol–water partition coefficient (Wildman–Crippen LogP) is 4.00. The van der Waals surface area contributed by atoms with Crippen molar-refractivity contribution < 1.29 is 0 Å². The maximum atomic E-state index is 4.02. The van der Waals surface area contributed by atoms with E-state index >= 15 is 0 Å². The molecule has 1 aromatic rings. The molecule has 0 unspecified atom stereocenters. The first-order valence-electron chi connectivity index (χ1n) is 5.24. The van der Waals surface area contributed by atoms with Gasteiger partial charge in [0.2, 0.25) is 0 Å². The summed E-state index contributed by atoms with van der Waals surface area (Å²) in [4.78, 5) is 4.02. The van der Waals surface area contributed by atoms with Crippen LogP contribution in [-0.4, -0.2) is 4.98 Å². The maximum absolute atomic E-state index is 4.02. The van der Waals surface area contributed by atoms with E-state index in [-0.39, 0.29) is 0 Å². The molecule has 1 heterocycles. The Morgan fingerprint density at radius 2 is 1.69 bits per heavy atom. The number of hydrogen-bond acceptors (Lipinski definition) is 1. The van der Waals surface area contributed by atoms with E-state index in [0.717, 1.165) is 6.42 Å². The molecule has 0 saturated heterocycles. The minimum absolute atomic E-state index is 1.08. The molecular weight excluding hydrogens is 158 g/mol. The standard InChI is InChI=1S/C8H11N.2C2H6/c1-3-8-6-9-5-4-7(8)2;2*1-2/h4-6H,3H2,1-2H3;2*1-2H3. The lowest BCUT2D eigenvalue weighted by Gasteiger charge is -1.97. The lowest BCUT2D eigenvalue weighted by molar-refractivity contribution is 1.07. The molecule has 0 bridgehead atoms. The monoisotopic (exact) mass is 181 g/mol. The zero-order chi connectivity index (χ0) is 10.7. The first-order valence-corrected chi connectivity index (χ1v) is 5.24. The number of hydrogen-bond donors (Lipinski definition) is 0. The van der Waals surface area contributed by atoms with Gasteiger partial charge in [-0.1, -0.05) is 34.6 Å². The largest absolute Gasteiger partial charge is 0.264 e. The maximum Gasteiger partial charge on any atom is 0.0302 e. The van der Waals surface area contributed by atoms with Crippen LogP contribution in [0.5, 0.6) is 0 Å². The summed E-state index contributed by atoms with van der Waals surface area (Å²) in [5.74, 6) is 0. The fourth-order valence-corrected chi connectivity index (χ4v) is 0.867. The zero-order valence-corrected chi connectivity index (χ0v) is 9.89. The van der Waals surface area contributed by atoms with Crippen LogP contribution in [0.2, 0.25) is 0 Å². The molecule has 0 radical (unpaired) electrons. The summed E-state index contributed by atoms with van der Waals surface area (Å²) >= 11 is 0. The van der Waals surface area contributed by atoms with Gasteiger partial charge in [-0.2, -0.15) is 0 Å². The SMILES string of the molecule is CC.CC.CCc1cnccc1C. The molecule has 0 atom stereocenters. The average molecular weight is 181 g/mol. The summed E-state index contributed by atoms with van der Waals surface area (Å²) < 4.78 is 0. The van der Waals surface area contributed by atoms with Gasteiger partial charge < -0.3 is 0 Å². The van der Waals surface area contributed by atoms with Gasteiger partial charge in [0.15, 0.2) is 0 Å². The summed E-state index contributed by atoms with van der Waals surface area (Å²) in [7, 11) is 0. The van der Waals surface area contributed by atoms with Gasteiger partial charge in [-0.05, 0) is 30.5 Å². The van der Waals surface area contributed by atoms with Crippen LogP contribution >= 0.6 is 0 Å². The van der Waals surface area contributed by atoms with Gasteiger partial charge in [0.1, 0.15) is 0 Å². The quantitative estimate of drug-likeness (QED) is 0.638. The smallest absolute Gasteiger partial charge is 0.0302 e. The van der Waals surface area contributed by atoms with Crippen LogP contribution in [0.25, 0.3) is 0 Å². The van der Waals surface area contributed by atoms with E-state index in [1.54, 1.807) is 0 Å². The molecule has 0 N–H and O–H groups in total. The van der Waals surface area contributed by atoms with Crippen molar-refractivity contribution in [2.24, 2.45) is 0 Å². The molecular formula is C12H23N. The Bertz CT molecular complexity index is 194. The van der Waals surface area contributed by atoms with E-state index in [0.29, 0.717) is 0 Å². The Morgan fingerprint density at radius 3 is 2.00 bits per heavy atom. The van der Waals surface area contributed by atoms with Crippen LogP contribution in [0.4, 0.5) is 0 Å². The molecule has 0 saturated carbocycles. The van der Waals surface area contributed by atoms with Crippen LogP contribution < -0.4 is 0 Å². The van der Waals surface area contributed by atoms with Gasteiger partial charge in [-0.25, -0.2) is 0 Å². The second kappa shape index (κ2) is 11.2. The molecule has 0 aromatic carbocycles. The molecule has 0 fully saturated rings. The van der Waals surface area contributed by atoms with Crippen LogP contribution in [0, 0.1) is 6.92 Å². The van der Waals surface area contributed by atoms with Crippen molar-refractivity contribution in [3.8, 4) is 0 Å². The third-order valence-electron chi connectivity index (χ3n) is 1.53. The van der Waals surface area contributed by atoms with Crippen molar-refractivity contribution in [2.75, 3.05) is 0 Å². The summed E-state index contributed by atoms with van der Waals surface area (Å²) in [6, 6.07) is 2.04. The summed E-state index contributed by atoms with van der Waals surface area (Å²) in [6.45, 7) is 12.3. The lowest BCUT2D eigenvalue weighted by atomic mass is 10.1. The molecule has 1 heteroatoms. The van der Waals surface area contributed by atoms with E-state index in [1.165, 1.54) is 11.1 Å². The number of rotatable bonds is 1. The molecule has 1 rings (SSSR count). The van der Waals surface area contributed by atoms with Crippen LogP contribution in [0.15, 0.2) is 18.5 Å². The van der Waals surface area contributed by atoms with Crippen LogP contribution in [0.1, 0.15) is 45.7 Å². The fraction of sp³-hybridized carbons (Fsp3) is 0.583. The Balaban J connectivity index is 0. The first-order chi connectivity index (χ1) is 6.34. The molecule has 0 spiro atoms. The highest BCUT2D eigenvalue weighted by molar-refractivity contribution is 5.20. The highest BCUT2D eigenvalue weighted by Gasteiger charge is 1.90. The molecule has 76 valence electrons. The number of pyridine rings is 1. The third kappa shape index (κ3) is 6.32.